The Bertz CT molecular complexity index is 254. The second kappa shape index (κ2) is 12.2. The summed E-state index contributed by atoms with van der Waals surface area (Å²) in [6.07, 6.45) is 3.29. The van der Waals surface area contributed by atoms with Crippen molar-refractivity contribution >= 4 is 0 Å². The second-order valence-electron chi connectivity index (χ2n) is 3.54. The molecule has 0 amide bonds. The summed E-state index contributed by atoms with van der Waals surface area (Å²) in [4.78, 5) is 0. The molecule has 0 aromatic heterocycles. The van der Waals surface area contributed by atoms with Gasteiger partial charge in [0.2, 0.25) is 0 Å². The molecule has 0 aliphatic heterocycles. The zero-order valence-corrected chi connectivity index (χ0v) is 11.7. The molecular weight excluding hydrogens is 199 g/mol. The lowest BCUT2D eigenvalue weighted by Gasteiger charge is -2.00. The van der Waals surface area contributed by atoms with Gasteiger partial charge in [0, 0.05) is 0 Å². The lowest BCUT2D eigenvalue weighted by Crippen LogP contribution is -1.87. The normalized spacial score (nSPS) is 8.44. The lowest BCUT2D eigenvalue weighted by molar-refractivity contribution is 0.615. The quantitative estimate of drug-likeness (QED) is 0.622. The summed E-state index contributed by atoms with van der Waals surface area (Å²) >= 11 is 0. The average Bonchev–Trinajstić information content (AvgIpc) is 2.28. The molecule has 1 heteroatoms. The van der Waals surface area contributed by atoms with Crippen molar-refractivity contribution in [3.8, 4) is 0 Å². The first-order valence-corrected chi connectivity index (χ1v) is 6.40. The molecule has 1 aromatic rings. The number of benzene rings is 1. The van der Waals surface area contributed by atoms with Gasteiger partial charge in [-0.1, -0.05) is 59.6 Å². The minimum absolute atomic E-state index is 0.0871. The highest BCUT2D eigenvalue weighted by Crippen LogP contribution is 2.10. The number of hydrogen-bond acceptors (Lipinski definition) is 0. The molecule has 0 aliphatic rings. The van der Waals surface area contributed by atoms with Gasteiger partial charge < -0.3 is 0 Å². The van der Waals surface area contributed by atoms with Gasteiger partial charge in [-0.2, -0.15) is 0 Å². The Hall–Kier alpha value is -0.850. The van der Waals surface area contributed by atoms with Crippen LogP contribution in [0.2, 0.25) is 0 Å². The van der Waals surface area contributed by atoms with E-state index in [1.807, 2.05) is 26.0 Å². The van der Waals surface area contributed by atoms with E-state index in [9.17, 15) is 4.39 Å². The summed E-state index contributed by atoms with van der Waals surface area (Å²) in [7, 11) is 0. The molecule has 0 fully saturated rings. The van der Waals surface area contributed by atoms with Crippen LogP contribution in [-0.2, 0) is 6.42 Å². The van der Waals surface area contributed by atoms with Gasteiger partial charge in [-0.05, 0) is 30.5 Å². The van der Waals surface area contributed by atoms with Gasteiger partial charge in [-0.15, -0.1) is 0 Å². The fourth-order valence-corrected chi connectivity index (χ4v) is 1.08. The Labute approximate surface area is 101 Å². The Morgan fingerprint density at radius 3 is 1.94 bits per heavy atom. The van der Waals surface area contributed by atoms with Crippen molar-refractivity contribution in [2.24, 2.45) is 0 Å². The minimum Gasteiger partial charge on any atom is -0.207 e. The molecule has 16 heavy (non-hydrogen) atoms. The molecule has 0 saturated heterocycles. The molecule has 0 heterocycles. The van der Waals surface area contributed by atoms with E-state index in [1.165, 1.54) is 6.42 Å². The maximum absolute atomic E-state index is 12.9. The number of rotatable bonds is 2. The highest BCUT2D eigenvalue weighted by Gasteiger charge is 1.97. The third-order valence-corrected chi connectivity index (χ3v) is 1.77. The number of halogens is 1. The van der Waals surface area contributed by atoms with Gasteiger partial charge in [0.05, 0.1) is 0 Å². The third-order valence-electron chi connectivity index (χ3n) is 1.77. The van der Waals surface area contributed by atoms with Crippen LogP contribution in [-0.4, -0.2) is 0 Å². The fourth-order valence-electron chi connectivity index (χ4n) is 1.08. The van der Waals surface area contributed by atoms with Crippen molar-refractivity contribution in [2.45, 2.75) is 60.8 Å². The van der Waals surface area contributed by atoms with E-state index in [1.54, 1.807) is 13.0 Å². The molecule has 0 nitrogen and oxygen atoms in total. The highest BCUT2D eigenvalue weighted by atomic mass is 19.1. The van der Waals surface area contributed by atoms with Crippen molar-refractivity contribution in [1.29, 1.82) is 0 Å². The second-order valence-corrected chi connectivity index (χ2v) is 3.54. The predicted octanol–water partition coefficient (Wildman–Crippen LogP) is 5.53. The van der Waals surface area contributed by atoms with Crippen LogP contribution in [0, 0.1) is 12.7 Å². The fraction of sp³-hybridized carbons (Fsp3) is 0.600. The van der Waals surface area contributed by atoms with Crippen LogP contribution >= 0.6 is 0 Å². The van der Waals surface area contributed by atoms with Gasteiger partial charge in [0.1, 0.15) is 5.82 Å². The van der Waals surface area contributed by atoms with Crippen LogP contribution in [0.25, 0.3) is 0 Å². The van der Waals surface area contributed by atoms with E-state index in [0.717, 1.165) is 24.0 Å². The Morgan fingerprint density at radius 1 is 1.06 bits per heavy atom. The van der Waals surface area contributed by atoms with Crippen molar-refractivity contribution in [2.75, 3.05) is 0 Å². The first-order valence-electron chi connectivity index (χ1n) is 6.40. The predicted molar refractivity (Wildman–Crippen MR) is 72.4 cm³/mol. The molecule has 0 aliphatic carbocycles. The van der Waals surface area contributed by atoms with E-state index in [4.69, 9.17) is 0 Å². The first kappa shape index (κ1) is 17.5. The van der Waals surface area contributed by atoms with Gasteiger partial charge >= 0.3 is 0 Å². The molecule has 0 saturated carbocycles. The van der Waals surface area contributed by atoms with Crippen LogP contribution < -0.4 is 0 Å². The molecule has 0 unspecified atom stereocenters. The zero-order valence-electron chi connectivity index (χ0n) is 11.7. The van der Waals surface area contributed by atoms with Crippen molar-refractivity contribution in [3.05, 3.63) is 35.1 Å². The molecule has 1 rings (SSSR count). The Kier molecular flexibility index (Phi) is 13.4. The van der Waals surface area contributed by atoms with Crippen molar-refractivity contribution < 1.29 is 4.39 Å². The minimum atomic E-state index is -0.0871. The molecule has 0 N–H and O–H groups in total. The third kappa shape index (κ3) is 8.46. The van der Waals surface area contributed by atoms with Crippen LogP contribution in [0.15, 0.2) is 18.2 Å². The molecule has 1 aromatic carbocycles. The lowest BCUT2D eigenvalue weighted by atomic mass is 10.1. The molecule has 0 bridgehead atoms. The molecule has 0 spiro atoms. The largest absolute Gasteiger partial charge is 0.207 e. The maximum Gasteiger partial charge on any atom is 0.126 e. The summed E-state index contributed by atoms with van der Waals surface area (Å²) in [5, 5.41) is 0. The monoisotopic (exact) mass is 226 g/mol. The summed E-state index contributed by atoms with van der Waals surface area (Å²) in [6.45, 7) is 12.1. The average molecular weight is 226 g/mol. The van der Waals surface area contributed by atoms with E-state index in [0.29, 0.717) is 0 Å². The topological polar surface area (TPSA) is 0 Å². The van der Waals surface area contributed by atoms with E-state index < -0.39 is 0 Å². The van der Waals surface area contributed by atoms with Crippen LogP contribution in [0.4, 0.5) is 4.39 Å². The van der Waals surface area contributed by atoms with Gasteiger partial charge in [0.25, 0.3) is 0 Å². The summed E-state index contributed by atoms with van der Waals surface area (Å²) in [5.41, 5.74) is 1.82. The van der Waals surface area contributed by atoms with Crippen LogP contribution in [0.3, 0.4) is 0 Å². The summed E-state index contributed by atoms with van der Waals surface area (Å²) in [5.74, 6) is -0.0871. The van der Waals surface area contributed by atoms with Gasteiger partial charge in [-0.3, -0.25) is 0 Å². The van der Waals surface area contributed by atoms with Crippen LogP contribution in [0.5, 0.6) is 0 Å². The maximum atomic E-state index is 12.9. The van der Waals surface area contributed by atoms with Gasteiger partial charge in [0.15, 0.2) is 0 Å². The SMILES string of the molecule is CC.CCC.CCCc1ccc(C)c(F)c1. The van der Waals surface area contributed by atoms with Crippen molar-refractivity contribution in [1.82, 2.24) is 0 Å². The Morgan fingerprint density at radius 2 is 1.56 bits per heavy atom. The summed E-state index contributed by atoms with van der Waals surface area (Å²) < 4.78 is 12.9. The highest BCUT2D eigenvalue weighted by molar-refractivity contribution is 5.23. The van der Waals surface area contributed by atoms with Crippen molar-refractivity contribution in [3.63, 3.8) is 0 Å². The standard InChI is InChI=1S/C10H13F.C3H8.C2H6/c1-3-4-9-6-5-8(2)10(11)7-9;1-3-2;1-2/h5-7H,3-4H2,1-2H3;3H2,1-2H3;1-2H3. The smallest absolute Gasteiger partial charge is 0.126 e. The van der Waals surface area contributed by atoms with E-state index in [2.05, 4.69) is 20.8 Å². The molecular formula is C15H27F. The molecule has 94 valence electrons. The summed E-state index contributed by atoms with van der Waals surface area (Å²) in [6, 6.07) is 5.45. The van der Waals surface area contributed by atoms with Crippen LogP contribution in [0.1, 0.15) is 58.6 Å². The first-order chi connectivity index (χ1) is 7.65. The van der Waals surface area contributed by atoms with Gasteiger partial charge in [-0.25, -0.2) is 4.39 Å². The Balaban J connectivity index is 0. The molecule has 0 atom stereocenters. The van der Waals surface area contributed by atoms with E-state index in [-0.39, 0.29) is 5.82 Å². The van der Waals surface area contributed by atoms with E-state index >= 15 is 0 Å². The number of hydrogen-bond donors (Lipinski definition) is 0. The zero-order chi connectivity index (χ0) is 13.0. The molecule has 0 radical (unpaired) electrons. The number of aryl methyl sites for hydroxylation is 2.